The average Bonchev–Trinajstić information content (AvgIpc) is 2.30. The molecule has 0 saturated carbocycles. The molecule has 0 heterocycles. The van der Waals surface area contributed by atoms with Gasteiger partial charge < -0.3 is 15.8 Å². The van der Waals surface area contributed by atoms with Gasteiger partial charge in [-0.3, -0.25) is 0 Å². The minimum absolute atomic E-state index is 0.170. The molecule has 0 unspecified atom stereocenters. The van der Waals surface area contributed by atoms with Gasteiger partial charge in [-0.1, -0.05) is 19.9 Å². The Kier molecular flexibility index (Phi) is 4.22. The Morgan fingerprint density at radius 1 is 1.33 bits per heavy atom. The normalized spacial score (nSPS) is 11.2. The zero-order valence-corrected chi connectivity index (χ0v) is 11.8. The summed E-state index contributed by atoms with van der Waals surface area (Å²) >= 11 is 0. The lowest BCUT2D eigenvalue weighted by atomic mass is 9.80. The minimum Gasteiger partial charge on any atom is -0.496 e. The highest BCUT2D eigenvalue weighted by molar-refractivity contribution is 5.71. The average molecular weight is 250 g/mol. The molecule has 18 heavy (non-hydrogen) atoms. The summed E-state index contributed by atoms with van der Waals surface area (Å²) in [5.74, 6) is 0.884. The SMILES string of the molecule is COc1ccc(C(C)(C)CNC(N)=O)c(C)c1C. The summed E-state index contributed by atoms with van der Waals surface area (Å²) in [6, 6.07) is 3.51. The number of rotatable bonds is 4. The summed E-state index contributed by atoms with van der Waals surface area (Å²) in [6.45, 7) is 8.78. The van der Waals surface area contributed by atoms with Crippen molar-refractivity contribution >= 4 is 6.03 Å². The standard InChI is InChI=1S/C14H22N2O2/c1-9-10(2)12(18-5)7-6-11(9)14(3,4)8-16-13(15)17/h6-7H,8H2,1-5H3,(H3,15,16,17). The second-order valence-electron chi connectivity index (χ2n) is 5.17. The molecule has 2 amide bonds. The molecular formula is C14H22N2O2. The van der Waals surface area contributed by atoms with Crippen molar-refractivity contribution in [1.29, 1.82) is 0 Å². The molecule has 4 heteroatoms. The Morgan fingerprint density at radius 3 is 2.44 bits per heavy atom. The smallest absolute Gasteiger partial charge is 0.312 e. The van der Waals surface area contributed by atoms with E-state index in [9.17, 15) is 4.79 Å². The van der Waals surface area contributed by atoms with Crippen molar-refractivity contribution < 1.29 is 9.53 Å². The summed E-state index contributed by atoms with van der Waals surface area (Å²) in [4.78, 5) is 10.8. The monoisotopic (exact) mass is 250 g/mol. The highest BCUT2D eigenvalue weighted by atomic mass is 16.5. The van der Waals surface area contributed by atoms with Crippen LogP contribution in [0.5, 0.6) is 5.75 Å². The molecule has 0 aliphatic carbocycles. The Balaban J connectivity index is 3.09. The predicted octanol–water partition coefficient (Wildman–Crippen LogP) is 2.26. The van der Waals surface area contributed by atoms with E-state index in [1.807, 2.05) is 19.1 Å². The molecule has 0 saturated heterocycles. The molecule has 0 atom stereocenters. The molecule has 100 valence electrons. The molecule has 0 fully saturated rings. The minimum atomic E-state index is -0.494. The van der Waals surface area contributed by atoms with E-state index >= 15 is 0 Å². The molecule has 1 rings (SSSR count). The third-order valence-corrected chi connectivity index (χ3v) is 3.39. The third-order valence-electron chi connectivity index (χ3n) is 3.39. The number of primary amides is 1. The summed E-state index contributed by atoms with van der Waals surface area (Å²) in [6.07, 6.45) is 0. The van der Waals surface area contributed by atoms with Gasteiger partial charge in [-0.25, -0.2) is 4.79 Å². The Hall–Kier alpha value is -1.71. The van der Waals surface area contributed by atoms with Crippen molar-refractivity contribution in [2.75, 3.05) is 13.7 Å². The van der Waals surface area contributed by atoms with Crippen LogP contribution in [0, 0.1) is 13.8 Å². The molecule has 4 nitrogen and oxygen atoms in total. The number of nitrogens with two attached hydrogens (primary N) is 1. The highest BCUT2D eigenvalue weighted by Crippen LogP contribution is 2.31. The highest BCUT2D eigenvalue weighted by Gasteiger charge is 2.24. The first-order valence-electron chi connectivity index (χ1n) is 5.97. The second kappa shape index (κ2) is 5.29. The molecule has 1 aromatic rings. The number of urea groups is 1. The lowest BCUT2D eigenvalue weighted by Gasteiger charge is -2.28. The molecule has 0 aliphatic heterocycles. The molecule has 0 aromatic heterocycles. The summed E-state index contributed by atoms with van der Waals surface area (Å²) in [5.41, 5.74) is 8.45. The van der Waals surface area contributed by atoms with Crippen LogP contribution in [0.3, 0.4) is 0 Å². The van der Waals surface area contributed by atoms with E-state index in [-0.39, 0.29) is 5.41 Å². The Morgan fingerprint density at radius 2 is 1.94 bits per heavy atom. The van der Waals surface area contributed by atoms with E-state index in [0.29, 0.717) is 6.54 Å². The van der Waals surface area contributed by atoms with Gasteiger partial charge in [-0.15, -0.1) is 0 Å². The largest absolute Gasteiger partial charge is 0.496 e. The molecule has 3 N–H and O–H groups in total. The quantitative estimate of drug-likeness (QED) is 0.861. The van der Waals surface area contributed by atoms with E-state index < -0.39 is 6.03 Å². The van der Waals surface area contributed by atoms with Crippen LogP contribution in [-0.4, -0.2) is 19.7 Å². The summed E-state index contributed by atoms with van der Waals surface area (Å²) in [5, 5.41) is 2.67. The number of benzene rings is 1. The molecule has 0 spiro atoms. The molecule has 0 aliphatic rings. The van der Waals surface area contributed by atoms with Gasteiger partial charge in [0.2, 0.25) is 0 Å². The zero-order chi connectivity index (χ0) is 13.9. The first-order valence-corrected chi connectivity index (χ1v) is 5.97. The summed E-state index contributed by atoms with van der Waals surface area (Å²) in [7, 11) is 1.67. The van der Waals surface area contributed by atoms with Gasteiger partial charge in [0, 0.05) is 12.0 Å². The van der Waals surface area contributed by atoms with Gasteiger partial charge in [0.15, 0.2) is 0 Å². The number of amides is 2. The van der Waals surface area contributed by atoms with Crippen molar-refractivity contribution in [1.82, 2.24) is 5.32 Å². The molecular weight excluding hydrogens is 228 g/mol. The summed E-state index contributed by atoms with van der Waals surface area (Å²) < 4.78 is 5.30. The van der Waals surface area contributed by atoms with E-state index in [2.05, 4.69) is 26.1 Å². The van der Waals surface area contributed by atoms with Crippen LogP contribution in [0.4, 0.5) is 4.79 Å². The van der Waals surface area contributed by atoms with Gasteiger partial charge in [0.05, 0.1) is 7.11 Å². The van der Waals surface area contributed by atoms with E-state index in [0.717, 1.165) is 11.3 Å². The van der Waals surface area contributed by atoms with Crippen molar-refractivity contribution in [2.45, 2.75) is 33.1 Å². The number of methoxy groups -OCH3 is 1. The van der Waals surface area contributed by atoms with Crippen LogP contribution in [0.15, 0.2) is 12.1 Å². The Labute approximate surface area is 109 Å². The van der Waals surface area contributed by atoms with Gasteiger partial charge in [-0.2, -0.15) is 0 Å². The fourth-order valence-electron chi connectivity index (χ4n) is 2.15. The van der Waals surface area contributed by atoms with Crippen molar-refractivity contribution in [3.63, 3.8) is 0 Å². The maximum Gasteiger partial charge on any atom is 0.312 e. The number of carbonyl (C=O) groups excluding carboxylic acids is 1. The molecule has 0 radical (unpaired) electrons. The van der Waals surface area contributed by atoms with Crippen LogP contribution >= 0.6 is 0 Å². The number of ether oxygens (including phenoxy) is 1. The van der Waals surface area contributed by atoms with Crippen LogP contribution in [-0.2, 0) is 5.41 Å². The van der Waals surface area contributed by atoms with Crippen molar-refractivity contribution in [3.05, 3.63) is 28.8 Å². The van der Waals surface area contributed by atoms with Crippen LogP contribution in [0.2, 0.25) is 0 Å². The van der Waals surface area contributed by atoms with E-state index in [4.69, 9.17) is 10.5 Å². The van der Waals surface area contributed by atoms with E-state index in [1.165, 1.54) is 11.1 Å². The van der Waals surface area contributed by atoms with Crippen LogP contribution in [0.25, 0.3) is 0 Å². The predicted molar refractivity (Wildman–Crippen MR) is 73.1 cm³/mol. The molecule has 0 bridgehead atoms. The maximum atomic E-state index is 10.8. The number of carbonyl (C=O) groups is 1. The van der Waals surface area contributed by atoms with Gasteiger partial charge >= 0.3 is 6.03 Å². The number of hydrogen-bond acceptors (Lipinski definition) is 2. The van der Waals surface area contributed by atoms with Crippen LogP contribution < -0.4 is 15.8 Å². The fourth-order valence-corrected chi connectivity index (χ4v) is 2.15. The second-order valence-corrected chi connectivity index (χ2v) is 5.17. The first kappa shape index (κ1) is 14.4. The first-order chi connectivity index (χ1) is 8.29. The lowest BCUT2D eigenvalue weighted by molar-refractivity contribution is 0.246. The topological polar surface area (TPSA) is 64.3 Å². The molecule has 1 aromatic carbocycles. The zero-order valence-electron chi connectivity index (χ0n) is 11.8. The number of hydrogen-bond donors (Lipinski definition) is 2. The third kappa shape index (κ3) is 2.94. The van der Waals surface area contributed by atoms with E-state index in [1.54, 1.807) is 7.11 Å². The van der Waals surface area contributed by atoms with Crippen LogP contribution in [0.1, 0.15) is 30.5 Å². The number of nitrogens with one attached hydrogen (secondary N) is 1. The van der Waals surface area contributed by atoms with Gasteiger partial charge in [0.1, 0.15) is 5.75 Å². The Bertz CT molecular complexity index is 453. The maximum absolute atomic E-state index is 10.8. The van der Waals surface area contributed by atoms with Gasteiger partial charge in [0.25, 0.3) is 0 Å². The van der Waals surface area contributed by atoms with Crippen molar-refractivity contribution in [3.8, 4) is 5.75 Å². The van der Waals surface area contributed by atoms with Gasteiger partial charge in [-0.05, 0) is 36.6 Å². The van der Waals surface area contributed by atoms with Crippen molar-refractivity contribution in [2.24, 2.45) is 5.73 Å². The lowest BCUT2D eigenvalue weighted by Crippen LogP contribution is -2.39. The fraction of sp³-hybridized carbons (Fsp3) is 0.500.